The molecule has 0 saturated carbocycles. The molecule has 0 aromatic carbocycles. The number of aliphatic hydroxyl groups is 1. The lowest BCUT2D eigenvalue weighted by Gasteiger charge is -2.21. The highest BCUT2D eigenvalue weighted by molar-refractivity contribution is 4.57. The van der Waals surface area contributed by atoms with Crippen molar-refractivity contribution < 1.29 is 14.6 Å². The Morgan fingerprint density at radius 3 is 2.00 bits per heavy atom. The second kappa shape index (κ2) is 10.0. The molecule has 0 aliphatic heterocycles. The largest absolute Gasteiger partial charge is 0.393 e. The first-order valence-electron chi connectivity index (χ1n) is 6.19. The molecule has 0 aromatic rings. The van der Waals surface area contributed by atoms with Gasteiger partial charge in [0.05, 0.1) is 6.10 Å². The summed E-state index contributed by atoms with van der Waals surface area (Å²) in [5.74, 6) is 0. The van der Waals surface area contributed by atoms with E-state index >= 15 is 0 Å². The van der Waals surface area contributed by atoms with E-state index in [1.54, 1.807) is 0 Å². The second-order valence-corrected chi connectivity index (χ2v) is 4.07. The summed E-state index contributed by atoms with van der Waals surface area (Å²) in [5, 5.41) is 9.17. The number of nitrogens with zero attached hydrogens (tertiary/aromatic N) is 1. The van der Waals surface area contributed by atoms with Crippen LogP contribution in [0.4, 0.5) is 0 Å². The van der Waals surface area contributed by atoms with E-state index in [4.69, 9.17) is 9.47 Å². The van der Waals surface area contributed by atoms with Gasteiger partial charge in [0.15, 0.2) is 6.29 Å². The van der Waals surface area contributed by atoms with E-state index < -0.39 is 0 Å². The van der Waals surface area contributed by atoms with Crippen molar-refractivity contribution in [3.05, 3.63) is 0 Å². The summed E-state index contributed by atoms with van der Waals surface area (Å²) in [6, 6.07) is 0. The van der Waals surface area contributed by atoms with E-state index in [9.17, 15) is 5.11 Å². The molecule has 98 valence electrons. The first-order valence-corrected chi connectivity index (χ1v) is 6.19. The monoisotopic (exact) mass is 233 g/mol. The predicted molar refractivity (Wildman–Crippen MR) is 65.5 cm³/mol. The van der Waals surface area contributed by atoms with Gasteiger partial charge < -0.3 is 19.5 Å². The van der Waals surface area contributed by atoms with Gasteiger partial charge >= 0.3 is 0 Å². The van der Waals surface area contributed by atoms with Crippen LogP contribution in [0.2, 0.25) is 0 Å². The van der Waals surface area contributed by atoms with Crippen molar-refractivity contribution in [2.75, 3.05) is 33.4 Å². The topological polar surface area (TPSA) is 41.9 Å². The van der Waals surface area contributed by atoms with Gasteiger partial charge in [0.25, 0.3) is 0 Å². The fraction of sp³-hybridized carbons (Fsp3) is 1.00. The van der Waals surface area contributed by atoms with Gasteiger partial charge in [0, 0.05) is 32.7 Å². The van der Waals surface area contributed by atoms with Crippen LogP contribution in [0.25, 0.3) is 0 Å². The highest BCUT2D eigenvalue weighted by Crippen LogP contribution is 2.03. The van der Waals surface area contributed by atoms with E-state index in [0.717, 1.165) is 25.9 Å². The lowest BCUT2D eigenvalue weighted by molar-refractivity contribution is -0.141. The Morgan fingerprint density at radius 1 is 1.06 bits per heavy atom. The minimum absolute atomic E-state index is 0.0935. The van der Waals surface area contributed by atoms with Crippen LogP contribution in [-0.2, 0) is 9.47 Å². The molecule has 0 aromatic heterocycles. The average Bonchev–Trinajstić information content (AvgIpc) is 2.23. The maximum Gasteiger partial charge on any atom is 0.158 e. The second-order valence-electron chi connectivity index (χ2n) is 4.07. The number of aliphatic hydroxyl groups excluding tert-OH is 1. The van der Waals surface area contributed by atoms with Gasteiger partial charge in [-0.25, -0.2) is 0 Å². The normalized spacial score (nSPS) is 13.7. The zero-order valence-electron chi connectivity index (χ0n) is 11.1. The molecule has 1 atom stereocenters. The quantitative estimate of drug-likeness (QED) is 0.580. The van der Waals surface area contributed by atoms with E-state index in [1.807, 2.05) is 20.8 Å². The highest BCUT2D eigenvalue weighted by atomic mass is 16.7. The highest BCUT2D eigenvalue weighted by Gasteiger charge is 2.09. The molecule has 0 fully saturated rings. The van der Waals surface area contributed by atoms with Crippen LogP contribution < -0.4 is 0 Å². The van der Waals surface area contributed by atoms with Crippen molar-refractivity contribution >= 4 is 0 Å². The van der Waals surface area contributed by atoms with Crippen molar-refractivity contribution in [3.8, 4) is 0 Å². The van der Waals surface area contributed by atoms with Crippen molar-refractivity contribution in [1.29, 1.82) is 0 Å². The predicted octanol–water partition coefficient (Wildman–Crippen LogP) is 1.48. The molecule has 1 N–H and O–H groups in total. The number of hydrogen-bond donors (Lipinski definition) is 1. The van der Waals surface area contributed by atoms with Crippen LogP contribution in [0.1, 0.15) is 33.6 Å². The number of rotatable bonds is 10. The Balaban J connectivity index is 3.64. The van der Waals surface area contributed by atoms with Gasteiger partial charge in [-0.05, 0) is 34.2 Å². The lowest BCUT2D eigenvalue weighted by Crippen LogP contribution is -2.28. The lowest BCUT2D eigenvalue weighted by atomic mass is 10.2. The standard InChI is InChI=1S/C12H27NO3/c1-5-15-12(16-6-2)8-10-13(4)9-7-11(3)14/h11-12,14H,5-10H2,1-4H3. The van der Waals surface area contributed by atoms with Crippen LogP contribution in [0.5, 0.6) is 0 Å². The average molecular weight is 233 g/mol. The molecule has 4 heteroatoms. The number of hydrogen-bond acceptors (Lipinski definition) is 4. The SMILES string of the molecule is CCOC(CCN(C)CCC(C)O)OCC. The zero-order valence-corrected chi connectivity index (χ0v) is 11.1. The summed E-state index contributed by atoms with van der Waals surface area (Å²) in [5.41, 5.74) is 0. The van der Waals surface area contributed by atoms with Crippen molar-refractivity contribution in [1.82, 2.24) is 4.90 Å². The van der Waals surface area contributed by atoms with Crippen molar-refractivity contribution in [2.45, 2.75) is 46.0 Å². The number of ether oxygens (including phenoxy) is 2. The summed E-state index contributed by atoms with van der Waals surface area (Å²) in [6.07, 6.45) is 1.36. The van der Waals surface area contributed by atoms with Crippen molar-refractivity contribution in [3.63, 3.8) is 0 Å². The van der Waals surface area contributed by atoms with Gasteiger partial charge in [0.2, 0.25) is 0 Å². The molecule has 0 aliphatic carbocycles. The third kappa shape index (κ3) is 9.09. The third-order valence-electron chi connectivity index (χ3n) is 2.38. The summed E-state index contributed by atoms with van der Waals surface area (Å²) in [7, 11) is 2.05. The Labute approximate surface area is 99.5 Å². The van der Waals surface area contributed by atoms with Crippen LogP contribution in [0.3, 0.4) is 0 Å². The summed E-state index contributed by atoms with van der Waals surface area (Å²) in [6.45, 7) is 8.97. The zero-order chi connectivity index (χ0) is 12.4. The maximum absolute atomic E-state index is 9.17. The van der Waals surface area contributed by atoms with Crippen LogP contribution in [0.15, 0.2) is 0 Å². The molecule has 0 aliphatic rings. The smallest absolute Gasteiger partial charge is 0.158 e. The van der Waals surface area contributed by atoms with Crippen LogP contribution in [-0.4, -0.2) is 55.8 Å². The summed E-state index contributed by atoms with van der Waals surface area (Å²) >= 11 is 0. The first kappa shape index (κ1) is 15.8. The van der Waals surface area contributed by atoms with E-state index in [1.165, 1.54) is 0 Å². The minimum Gasteiger partial charge on any atom is -0.393 e. The van der Waals surface area contributed by atoms with Crippen LogP contribution >= 0.6 is 0 Å². The minimum atomic E-state index is -0.225. The van der Waals surface area contributed by atoms with Crippen LogP contribution in [0, 0.1) is 0 Å². The Hall–Kier alpha value is -0.160. The van der Waals surface area contributed by atoms with Gasteiger partial charge in [0.1, 0.15) is 0 Å². The summed E-state index contributed by atoms with van der Waals surface area (Å²) in [4.78, 5) is 2.19. The van der Waals surface area contributed by atoms with E-state index in [2.05, 4.69) is 11.9 Å². The summed E-state index contributed by atoms with van der Waals surface area (Å²) < 4.78 is 10.9. The molecule has 0 bridgehead atoms. The molecule has 0 amide bonds. The molecule has 0 saturated heterocycles. The van der Waals surface area contributed by atoms with Gasteiger partial charge in [-0.15, -0.1) is 0 Å². The first-order chi connectivity index (χ1) is 7.60. The van der Waals surface area contributed by atoms with Crippen molar-refractivity contribution in [2.24, 2.45) is 0 Å². The maximum atomic E-state index is 9.17. The Morgan fingerprint density at radius 2 is 1.56 bits per heavy atom. The molecule has 16 heavy (non-hydrogen) atoms. The van der Waals surface area contributed by atoms with E-state index in [-0.39, 0.29) is 12.4 Å². The molecular formula is C12H27NO3. The molecule has 0 radical (unpaired) electrons. The van der Waals surface area contributed by atoms with Gasteiger partial charge in [-0.2, -0.15) is 0 Å². The van der Waals surface area contributed by atoms with Gasteiger partial charge in [-0.3, -0.25) is 0 Å². The Kier molecular flexibility index (Phi) is 9.92. The fourth-order valence-corrected chi connectivity index (χ4v) is 1.43. The fourth-order valence-electron chi connectivity index (χ4n) is 1.43. The molecule has 0 spiro atoms. The van der Waals surface area contributed by atoms with E-state index in [0.29, 0.717) is 13.2 Å². The molecule has 4 nitrogen and oxygen atoms in total. The molecule has 1 unspecified atom stereocenters. The third-order valence-corrected chi connectivity index (χ3v) is 2.38. The molecule has 0 heterocycles. The molecule has 0 rings (SSSR count). The Bertz CT molecular complexity index is 147. The van der Waals surface area contributed by atoms with Gasteiger partial charge in [-0.1, -0.05) is 0 Å². The molecular weight excluding hydrogens is 206 g/mol.